The Labute approximate surface area is 235 Å². The smallest absolute Gasteiger partial charge is 0.224 e. The van der Waals surface area contributed by atoms with Crippen LogP contribution in [0.3, 0.4) is 0 Å². The predicted molar refractivity (Wildman–Crippen MR) is 155 cm³/mol. The first kappa shape index (κ1) is 28.4. The molecule has 0 bridgehead atoms. The minimum absolute atomic E-state index is 0.102. The summed E-state index contributed by atoms with van der Waals surface area (Å²) >= 11 is 0. The molecule has 0 atom stereocenters. The Morgan fingerprint density at radius 3 is 1.80 bits per heavy atom. The fourth-order valence-electron chi connectivity index (χ4n) is 4.23. The molecule has 7 nitrogen and oxygen atoms in total. The van der Waals surface area contributed by atoms with Crippen molar-refractivity contribution in [1.29, 1.82) is 0 Å². The van der Waals surface area contributed by atoms with Gasteiger partial charge in [-0.25, -0.2) is 0 Å². The average Bonchev–Trinajstić information content (AvgIpc) is 3.00. The Hall–Kier alpha value is -4.65. The molecule has 7 heteroatoms. The monoisotopic (exact) mass is 541 g/mol. The topological polar surface area (TPSA) is 75.3 Å². The van der Waals surface area contributed by atoms with Gasteiger partial charge in [0.2, 0.25) is 11.7 Å². The SMILES string of the molecule is COc1ccc(CCNC(=O)Cc2cc(OC)c(OCc3ccccc3)c(OCc3ccccc3)c2)cc1OC. The van der Waals surface area contributed by atoms with Crippen molar-refractivity contribution in [3.05, 3.63) is 113 Å². The lowest BCUT2D eigenvalue weighted by Gasteiger charge is -2.18. The summed E-state index contributed by atoms with van der Waals surface area (Å²) in [6.45, 7) is 1.20. The fraction of sp³-hybridized carbons (Fsp3) is 0.242. The van der Waals surface area contributed by atoms with Crippen LogP contribution in [0.1, 0.15) is 22.3 Å². The molecular weight excluding hydrogens is 506 g/mol. The molecule has 40 heavy (non-hydrogen) atoms. The highest BCUT2D eigenvalue weighted by Crippen LogP contribution is 2.40. The molecule has 0 unspecified atom stereocenters. The minimum Gasteiger partial charge on any atom is -0.493 e. The van der Waals surface area contributed by atoms with Crippen molar-refractivity contribution in [2.75, 3.05) is 27.9 Å². The first-order valence-electron chi connectivity index (χ1n) is 13.1. The highest BCUT2D eigenvalue weighted by molar-refractivity contribution is 5.79. The van der Waals surface area contributed by atoms with E-state index in [1.54, 1.807) is 21.3 Å². The van der Waals surface area contributed by atoms with E-state index in [-0.39, 0.29) is 12.3 Å². The Morgan fingerprint density at radius 2 is 1.18 bits per heavy atom. The van der Waals surface area contributed by atoms with Gasteiger partial charge >= 0.3 is 0 Å². The Bertz CT molecular complexity index is 1370. The van der Waals surface area contributed by atoms with Crippen molar-refractivity contribution in [3.8, 4) is 28.7 Å². The summed E-state index contributed by atoms with van der Waals surface area (Å²) in [5.74, 6) is 2.76. The molecule has 0 aliphatic heterocycles. The van der Waals surface area contributed by atoms with Gasteiger partial charge in [0.05, 0.1) is 27.8 Å². The van der Waals surface area contributed by atoms with Crippen molar-refractivity contribution >= 4 is 5.91 Å². The molecule has 1 amide bonds. The summed E-state index contributed by atoms with van der Waals surface area (Å²) in [6.07, 6.45) is 0.829. The number of nitrogens with one attached hydrogen (secondary N) is 1. The number of hydrogen-bond acceptors (Lipinski definition) is 6. The van der Waals surface area contributed by atoms with Crippen LogP contribution in [0, 0.1) is 0 Å². The van der Waals surface area contributed by atoms with Crippen LogP contribution in [0.2, 0.25) is 0 Å². The first-order valence-corrected chi connectivity index (χ1v) is 13.1. The van der Waals surface area contributed by atoms with Gasteiger partial charge in [0.1, 0.15) is 13.2 Å². The number of rotatable bonds is 14. The van der Waals surface area contributed by atoms with Crippen LogP contribution >= 0.6 is 0 Å². The highest BCUT2D eigenvalue weighted by atomic mass is 16.5. The van der Waals surface area contributed by atoms with Crippen molar-refractivity contribution in [1.82, 2.24) is 5.32 Å². The maximum atomic E-state index is 12.8. The second-order valence-corrected chi connectivity index (χ2v) is 9.14. The number of methoxy groups -OCH3 is 3. The van der Waals surface area contributed by atoms with E-state index in [9.17, 15) is 4.79 Å². The molecule has 0 saturated carbocycles. The zero-order valence-corrected chi connectivity index (χ0v) is 23.1. The van der Waals surface area contributed by atoms with Crippen LogP contribution in [0.15, 0.2) is 91.0 Å². The average molecular weight is 542 g/mol. The lowest BCUT2D eigenvalue weighted by atomic mass is 10.1. The highest BCUT2D eigenvalue weighted by Gasteiger charge is 2.17. The zero-order valence-electron chi connectivity index (χ0n) is 23.1. The van der Waals surface area contributed by atoms with E-state index in [1.165, 1.54) is 0 Å². The molecule has 0 saturated heterocycles. The van der Waals surface area contributed by atoms with Crippen molar-refractivity contribution in [2.24, 2.45) is 0 Å². The van der Waals surface area contributed by atoms with Crippen LogP contribution in [0.5, 0.6) is 28.7 Å². The lowest BCUT2D eigenvalue weighted by Crippen LogP contribution is -2.27. The minimum atomic E-state index is -0.102. The molecule has 0 radical (unpaired) electrons. The molecule has 0 spiro atoms. The number of ether oxygens (including phenoxy) is 5. The normalized spacial score (nSPS) is 10.5. The van der Waals surface area contributed by atoms with Crippen molar-refractivity contribution in [3.63, 3.8) is 0 Å². The second kappa shape index (κ2) is 14.5. The number of carbonyl (C=O) groups excluding carboxylic acids is 1. The maximum absolute atomic E-state index is 12.8. The van der Waals surface area contributed by atoms with Gasteiger partial charge in [-0.3, -0.25) is 4.79 Å². The molecule has 0 aromatic heterocycles. The van der Waals surface area contributed by atoms with E-state index in [0.717, 1.165) is 22.3 Å². The van der Waals surface area contributed by atoms with Gasteiger partial charge in [-0.1, -0.05) is 66.7 Å². The van der Waals surface area contributed by atoms with Crippen LogP contribution in [0.25, 0.3) is 0 Å². The molecule has 0 fully saturated rings. The third kappa shape index (κ3) is 7.93. The molecule has 4 rings (SSSR count). The van der Waals surface area contributed by atoms with Gasteiger partial charge in [-0.15, -0.1) is 0 Å². The molecule has 208 valence electrons. The summed E-state index contributed by atoms with van der Waals surface area (Å²) in [4.78, 5) is 12.8. The first-order chi connectivity index (χ1) is 19.6. The fourth-order valence-corrected chi connectivity index (χ4v) is 4.23. The molecule has 1 N–H and O–H groups in total. The van der Waals surface area contributed by atoms with E-state index in [0.29, 0.717) is 54.9 Å². The summed E-state index contributed by atoms with van der Waals surface area (Å²) in [6, 6.07) is 29.2. The van der Waals surface area contributed by atoms with E-state index >= 15 is 0 Å². The van der Waals surface area contributed by atoms with Crippen molar-refractivity contribution in [2.45, 2.75) is 26.1 Å². The van der Waals surface area contributed by atoms with Crippen molar-refractivity contribution < 1.29 is 28.5 Å². The van der Waals surface area contributed by atoms with E-state index < -0.39 is 0 Å². The molecule has 0 aliphatic rings. The van der Waals surface area contributed by atoms with Crippen LogP contribution in [-0.4, -0.2) is 33.8 Å². The molecule has 0 heterocycles. The van der Waals surface area contributed by atoms with Gasteiger partial charge in [0, 0.05) is 6.54 Å². The van der Waals surface area contributed by atoms with Gasteiger partial charge < -0.3 is 29.0 Å². The van der Waals surface area contributed by atoms with E-state index in [2.05, 4.69) is 5.32 Å². The summed E-state index contributed by atoms with van der Waals surface area (Å²) in [7, 11) is 4.79. The Kier molecular flexibility index (Phi) is 10.3. The quantitative estimate of drug-likeness (QED) is 0.218. The largest absolute Gasteiger partial charge is 0.493 e. The maximum Gasteiger partial charge on any atom is 0.224 e. The van der Waals surface area contributed by atoms with Gasteiger partial charge in [-0.05, 0) is 52.9 Å². The number of benzene rings is 4. The lowest BCUT2D eigenvalue weighted by molar-refractivity contribution is -0.120. The van der Waals surface area contributed by atoms with Gasteiger partial charge in [0.15, 0.2) is 23.0 Å². The predicted octanol–water partition coefficient (Wildman–Crippen LogP) is 5.77. The summed E-state index contributed by atoms with van der Waals surface area (Å²) in [5.41, 5.74) is 3.84. The molecular formula is C33H35NO6. The van der Waals surface area contributed by atoms with Gasteiger partial charge in [0.25, 0.3) is 0 Å². The van der Waals surface area contributed by atoms with Gasteiger partial charge in [-0.2, -0.15) is 0 Å². The molecule has 4 aromatic rings. The van der Waals surface area contributed by atoms with Crippen LogP contribution < -0.4 is 29.0 Å². The number of amides is 1. The number of carbonyl (C=O) groups is 1. The standard InChI is InChI=1S/C33H35NO6/c1-36-28-15-14-24(18-29(28)37-2)16-17-34-32(35)21-27-19-30(38-3)33(40-23-26-12-8-5-9-13-26)31(20-27)39-22-25-10-6-4-7-11-25/h4-15,18-20H,16-17,21-23H2,1-3H3,(H,34,35). The zero-order chi connectivity index (χ0) is 28.2. The Morgan fingerprint density at radius 1 is 0.600 bits per heavy atom. The third-order valence-electron chi connectivity index (χ3n) is 6.31. The Balaban J connectivity index is 1.45. The summed E-state index contributed by atoms with van der Waals surface area (Å²) < 4.78 is 28.7. The van der Waals surface area contributed by atoms with E-state index in [4.69, 9.17) is 23.7 Å². The molecule has 0 aliphatic carbocycles. The van der Waals surface area contributed by atoms with Crippen LogP contribution in [-0.2, 0) is 30.8 Å². The summed E-state index contributed by atoms with van der Waals surface area (Å²) in [5, 5.41) is 3.00. The van der Waals surface area contributed by atoms with Crippen LogP contribution in [0.4, 0.5) is 0 Å². The number of hydrogen-bond donors (Lipinski definition) is 1. The third-order valence-corrected chi connectivity index (χ3v) is 6.31. The second-order valence-electron chi connectivity index (χ2n) is 9.14. The van der Waals surface area contributed by atoms with E-state index in [1.807, 2.05) is 91.0 Å². The molecule has 4 aromatic carbocycles.